The first-order chi connectivity index (χ1) is 15.8. The Labute approximate surface area is 197 Å². The van der Waals surface area contributed by atoms with Gasteiger partial charge < -0.3 is 14.8 Å². The third-order valence-corrected chi connectivity index (χ3v) is 6.44. The van der Waals surface area contributed by atoms with Crippen molar-refractivity contribution in [2.24, 2.45) is 0 Å². The molecule has 0 aliphatic carbocycles. The first kappa shape index (κ1) is 24.6. The van der Waals surface area contributed by atoms with Gasteiger partial charge in [0.25, 0.3) is 0 Å². The number of carbonyl (C=O) groups excluding carboxylic acids is 2. The smallest absolute Gasteiger partial charge is 0.387 e. The van der Waals surface area contributed by atoms with Crippen LogP contribution in [0.1, 0.15) is 27.7 Å². The summed E-state index contributed by atoms with van der Waals surface area (Å²) in [4.78, 5) is 34.3. The van der Waals surface area contributed by atoms with Gasteiger partial charge in [-0.15, -0.1) is 11.3 Å². The molecule has 11 heteroatoms. The van der Waals surface area contributed by atoms with E-state index in [2.05, 4.69) is 20.0 Å². The van der Waals surface area contributed by atoms with Gasteiger partial charge in [-0.05, 0) is 56.7 Å². The van der Waals surface area contributed by atoms with Crippen molar-refractivity contribution in [2.75, 3.05) is 17.7 Å². The van der Waals surface area contributed by atoms with E-state index in [9.17, 15) is 18.4 Å². The summed E-state index contributed by atoms with van der Waals surface area (Å²) in [5.74, 6) is -0.698. The number of aromatic nitrogens is 2. The van der Waals surface area contributed by atoms with Crippen molar-refractivity contribution in [1.29, 1.82) is 0 Å². The van der Waals surface area contributed by atoms with E-state index >= 15 is 0 Å². The molecule has 0 aliphatic heterocycles. The van der Waals surface area contributed by atoms with Gasteiger partial charge in [-0.2, -0.15) is 8.78 Å². The lowest BCUT2D eigenvalue weighted by atomic mass is 10.1. The van der Waals surface area contributed by atoms with Crippen molar-refractivity contribution in [1.82, 2.24) is 9.97 Å². The summed E-state index contributed by atoms with van der Waals surface area (Å²) in [5, 5.41) is 3.61. The third-order valence-electron chi connectivity index (χ3n) is 4.46. The molecule has 1 aromatic carbocycles. The fourth-order valence-corrected chi connectivity index (χ4v) is 4.53. The molecule has 2 heterocycles. The fraction of sp³-hybridized carbons (Fsp3) is 0.273. The van der Waals surface area contributed by atoms with E-state index < -0.39 is 12.6 Å². The normalized spacial score (nSPS) is 10.8. The van der Waals surface area contributed by atoms with Crippen molar-refractivity contribution in [2.45, 2.75) is 32.5 Å². The Kier molecular flexibility index (Phi) is 8.34. The largest absolute Gasteiger partial charge is 0.462 e. The second-order valence-electron chi connectivity index (χ2n) is 6.67. The number of nitrogens with one attached hydrogen (secondary N) is 1. The number of aryl methyl sites for hydroxylation is 1. The number of amides is 1. The number of esters is 1. The van der Waals surface area contributed by atoms with Gasteiger partial charge in [0.2, 0.25) is 5.91 Å². The number of nitrogens with zero attached hydrogens (tertiary/aromatic N) is 2. The Hall–Kier alpha value is -3.05. The van der Waals surface area contributed by atoms with Crippen LogP contribution in [0.25, 0.3) is 11.3 Å². The maximum atomic E-state index is 12.5. The van der Waals surface area contributed by atoms with Gasteiger partial charge >= 0.3 is 12.6 Å². The molecule has 0 atom stereocenters. The predicted molar refractivity (Wildman–Crippen MR) is 123 cm³/mol. The number of ether oxygens (including phenoxy) is 2. The zero-order valence-corrected chi connectivity index (χ0v) is 19.7. The van der Waals surface area contributed by atoms with E-state index in [1.54, 1.807) is 31.3 Å². The highest BCUT2D eigenvalue weighted by Crippen LogP contribution is 2.33. The summed E-state index contributed by atoms with van der Waals surface area (Å²) in [6.07, 6.45) is 1.55. The lowest BCUT2D eigenvalue weighted by Crippen LogP contribution is -2.16. The number of hydrogen-bond donors (Lipinski definition) is 1. The van der Waals surface area contributed by atoms with Crippen molar-refractivity contribution in [3.8, 4) is 17.0 Å². The molecule has 0 unspecified atom stereocenters. The van der Waals surface area contributed by atoms with E-state index in [0.717, 1.165) is 22.2 Å². The van der Waals surface area contributed by atoms with Crippen LogP contribution in [0.5, 0.6) is 5.75 Å². The maximum absolute atomic E-state index is 12.5. The van der Waals surface area contributed by atoms with Crippen LogP contribution in [0.3, 0.4) is 0 Å². The molecule has 0 fully saturated rings. The molecule has 0 aliphatic rings. The predicted octanol–water partition coefficient (Wildman–Crippen LogP) is 5.33. The van der Waals surface area contributed by atoms with Crippen LogP contribution in [0.15, 0.2) is 41.7 Å². The molecule has 33 heavy (non-hydrogen) atoms. The van der Waals surface area contributed by atoms with Crippen LogP contribution in [0, 0.1) is 13.8 Å². The topological polar surface area (TPSA) is 90.4 Å². The number of carbonyl (C=O) groups is 2. The SMILES string of the molecule is CCOC(=O)c1c(NC(=O)CSc2nccc(-c3ccc(OC(F)F)cc3)n2)sc(C)c1C. The zero-order chi connectivity index (χ0) is 24.0. The van der Waals surface area contributed by atoms with E-state index in [0.29, 0.717) is 27.0 Å². The monoisotopic (exact) mass is 493 g/mol. The van der Waals surface area contributed by atoms with Crippen molar-refractivity contribution < 1.29 is 27.8 Å². The Morgan fingerprint density at radius 2 is 1.91 bits per heavy atom. The maximum Gasteiger partial charge on any atom is 0.387 e. The number of rotatable bonds is 9. The van der Waals surface area contributed by atoms with Crippen molar-refractivity contribution >= 4 is 40.0 Å². The van der Waals surface area contributed by atoms with Crippen LogP contribution < -0.4 is 10.1 Å². The fourth-order valence-electron chi connectivity index (χ4n) is 2.84. The van der Waals surface area contributed by atoms with Gasteiger partial charge in [0, 0.05) is 16.6 Å². The Bertz CT molecular complexity index is 1140. The van der Waals surface area contributed by atoms with E-state index in [1.165, 1.54) is 23.5 Å². The van der Waals surface area contributed by atoms with Crippen LogP contribution in [-0.4, -0.2) is 40.8 Å². The molecule has 0 radical (unpaired) electrons. The highest BCUT2D eigenvalue weighted by Gasteiger charge is 2.22. The van der Waals surface area contributed by atoms with Gasteiger partial charge in [0.05, 0.1) is 23.6 Å². The number of thioether (sulfide) groups is 1. The molecule has 3 aromatic rings. The Balaban J connectivity index is 1.65. The lowest BCUT2D eigenvalue weighted by Gasteiger charge is -2.08. The number of hydrogen-bond acceptors (Lipinski definition) is 8. The molecule has 0 saturated heterocycles. The van der Waals surface area contributed by atoms with Gasteiger partial charge in [0.1, 0.15) is 10.8 Å². The van der Waals surface area contributed by atoms with Crippen LogP contribution in [0.4, 0.5) is 13.8 Å². The van der Waals surface area contributed by atoms with Gasteiger partial charge in [0.15, 0.2) is 5.16 Å². The quantitative estimate of drug-likeness (QED) is 0.245. The molecule has 0 bridgehead atoms. The second kappa shape index (κ2) is 11.2. The second-order valence-corrected chi connectivity index (χ2v) is 8.84. The highest BCUT2D eigenvalue weighted by atomic mass is 32.2. The Morgan fingerprint density at radius 1 is 1.18 bits per heavy atom. The molecular weight excluding hydrogens is 472 g/mol. The van der Waals surface area contributed by atoms with Crippen LogP contribution >= 0.6 is 23.1 Å². The lowest BCUT2D eigenvalue weighted by molar-refractivity contribution is -0.113. The molecule has 0 spiro atoms. The van der Waals surface area contributed by atoms with Gasteiger partial charge in [-0.25, -0.2) is 14.8 Å². The third kappa shape index (κ3) is 6.48. The zero-order valence-electron chi connectivity index (χ0n) is 18.1. The molecule has 3 rings (SSSR count). The van der Waals surface area contributed by atoms with Crippen LogP contribution in [0.2, 0.25) is 0 Å². The molecule has 0 saturated carbocycles. The summed E-state index contributed by atoms with van der Waals surface area (Å²) in [6.45, 7) is 2.76. The molecule has 2 aromatic heterocycles. The minimum Gasteiger partial charge on any atom is -0.462 e. The number of benzene rings is 1. The summed E-state index contributed by atoms with van der Waals surface area (Å²) in [5.41, 5.74) is 2.41. The minimum atomic E-state index is -2.89. The van der Waals surface area contributed by atoms with E-state index in [1.807, 2.05) is 13.8 Å². The van der Waals surface area contributed by atoms with Crippen molar-refractivity contribution in [3.05, 3.63) is 52.5 Å². The highest BCUT2D eigenvalue weighted by molar-refractivity contribution is 7.99. The number of thiophene rings is 1. The first-order valence-corrected chi connectivity index (χ1v) is 11.7. The van der Waals surface area contributed by atoms with Crippen molar-refractivity contribution in [3.63, 3.8) is 0 Å². The molecule has 1 amide bonds. The first-order valence-electron chi connectivity index (χ1n) is 9.86. The minimum absolute atomic E-state index is 0.0306. The average molecular weight is 494 g/mol. The standard InChI is InChI=1S/C22H21F2N3O4S2/c1-4-30-20(29)18-12(2)13(3)33-19(18)27-17(28)11-32-22-25-10-9-16(26-22)14-5-7-15(8-6-14)31-21(23)24/h5-10,21H,4,11H2,1-3H3,(H,27,28). The summed E-state index contributed by atoms with van der Waals surface area (Å²) < 4.78 is 34.0. The van der Waals surface area contributed by atoms with Gasteiger partial charge in [-0.1, -0.05) is 11.8 Å². The summed E-state index contributed by atoms with van der Waals surface area (Å²) in [7, 11) is 0. The van der Waals surface area contributed by atoms with E-state index in [4.69, 9.17) is 4.74 Å². The molecule has 174 valence electrons. The molecular formula is C22H21F2N3O4S2. The van der Waals surface area contributed by atoms with Gasteiger partial charge in [-0.3, -0.25) is 4.79 Å². The number of alkyl halides is 2. The molecule has 7 nitrogen and oxygen atoms in total. The number of halogens is 2. The summed E-state index contributed by atoms with van der Waals surface area (Å²) >= 11 is 2.45. The average Bonchev–Trinajstić information content (AvgIpc) is 3.05. The van der Waals surface area contributed by atoms with Crippen LogP contribution in [-0.2, 0) is 9.53 Å². The Morgan fingerprint density at radius 3 is 2.58 bits per heavy atom. The van der Waals surface area contributed by atoms with E-state index in [-0.39, 0.29) is 24.0 Å². The number of anilines is 1. The summed E-state index contributed by atoms with van der Waals surface area (Å²) in [6, 6.07) is 7.75. The molecule has 1 N–H and O–H groups in total.